The molecular formula is C13H12N2S. The second-order valence-corrected chi connectivity index (χ2v) is 4.75. The molecule has 3 rings (SSSR count). The first-order valence-corrected chi connectivity index (χ1v) is 6.43. The monoisotopic (exact) mass is 228 g/mol. The van der Waals surface area contributed by atoms with E-state index in [-0.39, 0.29) is 0 Å². The summed E-state index contributed by atoms with van der Waals surface area (Å²) < 4.78 is 0. The predicted molar refractivity (Wildman–Crippen MR) is 70.1 cm³/mol. The van der Waals surface area contributed by atoms with E-state index in [0.29, 0.717) is 0 Å². The Hall–Kier alpha value is -1.48. The van der Waals surface area contributed by atoms with Crippen LogP contribution >= 0.6 is 11.8 Å². The van der Waals surface area contributed by atoms with Crippen LogP contribution in [0.4, 0.5) is 0 Å². The highest BCUT2D eigenvalue weighted by atomic mass is 32.2. The molecule has 0 saturated carbocycles. The van der Waals surface area contributed by atoms with Crippen molar-refractivity contribution in [2.45, 2.75) is 11.8 Å². The van der Waals surface area contributed by atoms with Crippen molar-refractivity contribution < 1.29 is 0 Å². The average molecular weight is 228 g/mol. The summed E-state index contributed by atoms with van der Waals surface area (Å²) in [5.41, 5.74) is 2.18. The van der Waals surface area contributed by atoms with E-state index >= 15 is 0 Å². The number of aromatic nitrogens is 2. The molecule has 3 heteroatoms. The number of imidazole rings is 1. The lowest BCUT2D eigenvalue weighted by molar-refractivity contribution is 1.17. The molecule has 0 aliphatic carbocycles. The van der Waals surface area contributed by atoms with Crippen molar-refractivity contribution in [3.05, 3.63) is 36.2 Å². The zero-order valence-electron chi connectivity index (χ0n) is 9.24. The topological polar surface area (TPSA) is 28.7 Å². The van der Waals surface area contributed by atoms with Gasteiger partial charge in [-0.2, -0.15) is 0 Å². The Bertz CT molecular complexity index is 670. The van der Waals surface area contributed by atoms with Gasteiger partial charge in [0, 0.05) is 10.3 Å². The molecule has 2 aromatic carbocycles. The van der Waals surface area contributed by atoms with Crippen molar-refractivity contribution in [2.75, 3.05) is 6.26 Å². The highest BCUT2D eigenvalue weighted by molar-refractivity contribution is 7.98. The Morgan fingerprint density at radius 2 is 2.06 bits per heavy atom. The lowest BCUT2D eigenvalue weighted by atomic mass is 10.1. The van der Waals surface area contributed by atoms with Crippen LogP contribution < -0.4 is 0 Å². The maximum absolute atomic E-state index is 4.53. The molecule has 0 spiro atoms. The third kappa shape index (κ3) is 1.39. The second kappa shape index (κ2) is 3.52. The quantitative estimate of drug-likeness (QED) is 0.643. The minimum atomic E-state index is 0.969. The second-order valence-electron chi connectivity index (χ2n) is 3.87. The molecule has 0 saturated heterocycles. The van der Waals surface area contributed by atoms with Crippen molar-refractivity contribution >= 4 is 33.6 Å². The number of nitrogens with zero attached hydrogens (tertiary/aromatic N) is 1. The summed E-state index contributed by atoms with van der Waals surface area (Å²) in [4.78, 5) is 9.09. The zero-order valence-corrected chi connectivity index (χ0v) is 10.1. The van der Waals surface area contributed by atoms with E-state index in [0.717, 1.165) is 16.9 Å². The maximum Gasteiger partial charge on any atom is 0.104 e. The lowest BCUT2D eigenvalue weighted by Gasteiger charge is -2.01. The summed E-state index contributed by atoms with van der Waals surface area (Å²) in [6.45, 7) is 1.99. The van der Waals surface area contributed by atoms with Crippen LogP contribution in [0.1, 0.15) is 5.82 Å². The molecule has 0 unspecified atom stereocenters. The smallest absolute Gasteiger partial charge is 0.104 e. The van der Waals surface area contributed by atoms with Crippen molar-refractivity contribution in [2.24, 2.45) is 0 Å². The Balaban J connectivity index is 2.42. The standard InChI is InChI=1S/C13H12N2S/c1-8-14-12-6-3-9-7-10(16-2)4-5-11(9)13(12)15-8/h3-7H,1-2H3,(H,14,15). The number of thioether (sulfide) groups is 1. The minimum Gasteiger partial charge on any atom is -0.342 e. The summed E-state index contributed by atoms with van der Waals surface area (Å²) in [5.74, 6) is 0.969. The van der Waals surface area contributed by atoms with Gasteiger partial charge in [0.15, 0.2) is 0 Å². The first-order valence-electron chi connectivity index (χ1n) is 5.21. The molecule has 0 bridgehead atoms. The zero-order chi connectivity index (χ0) is 11.1. The van der Waals surface area contributed by atoms with Gasteiger partial charge in [-0.05, 0) is 36.8 Å². The van der Waals surface area contributed by atoms with Crippen molar-refractivity contribution in [3.63, 3.8) is 0 Å². The summed E-state index contributed by atoms with van der Waals surface area (Å²) >= 11 is 1.77. The fraction of sp³-hybridized carbons (Fsp3) is 0.154. The Morgan fingerprint density at radius 1 is 1.19 bits per heavy atom. The molecule has 0 atom stereocenters. The normalized spacial score (nSPS) is 11.4. The van der Waals surface area contributed by atoms with Gasteiger partial charge < -0.3 is 4.98 Å². The van der Waals surface area contributed by atoms with E-state index in [1.54, 1.807) is 11.8 Å². The molecule has 16 heavy (non-hydrogen) atoms. The van der Waals surface area contributed by atoms with Crippen LogP contribution in [-0.4, -0.2) is 16.2 Å². The van der Waals surface area contributed by atoms with Gasteiger partial charge in [0.2, 0.25) is 0 Å². The number of H-pyrrole nitrogens is 1. The number of fused-ring (bicyclic) bond motifs is 3. The average Bonchev–Trinajstić information content (AvgIpc) is 2.69. The molecule has 0 aliphatic heterocycles. The van der Waals surface area contributed by atoms with Crippen LogP contribution in [-0.2, 0) is 0 Å². The van der Waals surface area contributed by atoms with Crippen LogP contribution in [0.25, 0.3) is 21.8 Å². The summed E-state index contributed by atoms with van der Waals surface area (Å²) in [6.07, 6.45) is 2.10. The van der Waals surface area contributed by atoms with Crippen molar-refractivity contribution in [1.29, 1.82) is 0 Å². The first-order chi connectivity index (χ1) is 7.78. The lowest BCUT2D eigenvalue weighted by Crippen LogP contribution is -1.77. The van der Waals surface area contributed by atoms with Gasteiger partial charge in [0.25, 0.3) is 0 Å². The summed E-state index contributed by atoms with van der Waals surface area (Å²) in [6, 6.07) is 10.8. The van der Waals surface area contributed by atoms with Gasteiger partial charge >= 0.3 is 0 Å². The number of benzene rings is 2. The third-order valence-electron chi connectivity index (χ3n) is 2.79. The Labute approximate surface area is 98.1 Å². The SMILES string of the molecule is CSc1ccc2c(ccc3[nH]c(C)nc32)c1. The van der Waals surface area contributed by atoms with Crippen LogP contribution in [0.15, 0.2) is 35.2 Å². The van der Waals surface area contributed by atoms with Gasteiger partial charge in [-0.25, -0.2) is 4.98 Å². The van der Waals surface area contributed by atoms with E-state index in [9.17, 15) is 0 Å². The van der Waals surface area contributed by atoms with E-state index in [1.165, 1.54) is 15.7 Å². The number of hydrogen-bond acceptors (Lipinski definition) is 2. The molecule has 0 amide bonds. The molecule has 80 valence electrons. The van der Waals surface area contributed by atoms with E-state index < -0.39 is 0 Å². The summed E-state index contributed by atoms with van der Waals surface area (Å²) in [7, 11) is 0. The highest BCUT2D eigenvalue weighted by Gasteiger charge is 2.04. The number of rotatable bonds is 1. The molecule has 3 aromatic rings. The molecule has 1 N–H and O–H groups in total. The number of nitrogens with one attached hydrogen (secondary N) is 1. The molecular weight excluding hydrogens is 216 g/mol. The van der Waals surface area contributed by atoms with Crippen LogP contribution in [0.2, 0.25) is 0 Å². The molecule has 0 aliphatic rings. The molecule has 0 radical (unpaired) electrons. The van der Waals surface area contributed by atoms with Gasteiger partial charge in [0.05, 0.1) is 11.0 Å². The predicted octanol–water partition coefficient (Wildman–Crippen LogP) is 3.75. The van der Waals surface area contributed by atoms with Gasteiger partial charge in [0.1, 0.15) is 5.82 Å². The maximum atomic E-state index is 4.53. The third-order valence-corrected chi connectivity index (χ3v) is 3.52. The van der Waals surface area contributed by atoms with Crippen molar-refractivity contribution in [1.82, 2.24) is 9.97 Å². The summed E-state index contributed by atoms with van der Waals surface area (Å²) in [5, 5.41) is 2.48. The van der Waals surface area contributed by atoms with Gasteiger partial charge in [-0.1, -0.05) is 12.1 Å². The first kappa shape index (κ1) is 9.73. The van der Waals surface area contributed by atoms with E-state index in [1.807, 2.05) is 6.92 Å². The largest absolute Gasteiger partial charge is 0.342 e. The minimum absolute atomic E-state index is 0.969. The molecule has 1 aromatic heterocycles. The van der Waals surface area contributed by atoms with Crippen LogP contribution in [0.5, 0.6) is 0 Å². The van der Waals surface area contributed by atoms with Gasteiger partial charge in [-0.15, -0.1) is 11.8 Å². The van der Waals surface area contributed by atoms with Gasteiger partial charge in [-0.3, -0.25) is 0 Å². The molecule has 0 fully saturated rings. The van der Waals surface area contributed by atoms with E-state index in [2.05, 4.69) is 46.6 Å². The van der Waals surface area contributed by atoms with Crippen LogP contribution in [0, 0.1) is 6.92 Å². The van der Waals surface area contributed by atoms with E-state index in [4.69, 9.17) is 0 Å². The number of hydrogen-bond donors (Lipinski definition) is 1. The number of aryl methyl sites for hydroxylation is 1. The highest BCUT2D eigenvalue weighted by Crippen LogP contribution is 2.27. The van der Waals surface area contributed by atoms with Crippen molar-refractivity contribution in [3.8, 4) is 0 Å². The molecule has 2 nitrogen and oxygen atoms in total. The number of aromatic amines is 1. The Kier molecular flexibility index (Phi) is 2.14. The fourth-order valence-corrected chi connectivity index (χ4v) is 2.48. The van der Waals surface area contributed by atoms with Crippen LogP contribution in [0.3, 0.4) is 0 Å². The molecule has 1 heterocycles. The Morgan fingerprint density at radius 3 is 2.88 bits per heavy atom. The fourth-order valence-electron chi connectivity index (χ4n) is 2.03.